The van der Waals surface area contributed by atoms with Crippen LogP contribution in [0.15, 0.2) is 0 Å². The van der Waals surface area contributed by atoms with Gasteiger partial charge in [0, 0.05) is 24.7 Å². The average molecular weight is 383 g/mol. The van der Waals surface area contributed by atoms with Gasteiger partial charge in [-0.2, -0.15) is 0 Å². The molecule has 0 aliphatic carbocycles. The first-order valence-electron chi connectivity index (χ1n) is 12.1. The zero-order valence-corrected chi connectivity index (χ0v) is 18.7. The predicted octanol–water partition coefficient (Wildman–Crippen LogP) is 7.23. The molecule has 2 heterocycles. The van der Waals surface area contributed by atoms with E-state index in [2.05, 4.69) is 27.7 Å². The summed E-state index contributed by atoms with van der Waals surface area (Å²) >= 11 is 0. The SMILES string of the molecule is CCCCC(CC)C1(OC2(C(CC)CCCC)CCCCO2)CCCCO1. The molecule has 0 radical (unpaired) electrons. The molecule has 0 saturated carbocycles. The van der Waals surface area contributed by atoms with Crippen LogP contribution in [0, 0.1) is 11.8 Å². The van der Waals surface area contributed by atoms with Crippen LogP contribution in [-0.4, -0.2) is 24.8 Å². The highest BCUT2D eigenvalue weighted by Crippen LogP contribution is 2.47. The van der Waals surface area contributed by atoms with Gasteiger partial charge >= 0.3 is 0 Å². The van der Waals surface area contributed by atoms with Crippen LogP contribution in [0.2, 0.25) is 0 Å². The molecule has 0 aromatic carbocycles. The highest BCUT2D eigenvalue weighted by molar-refractivity contribution is 4.90. The van der Waals surface area contributed by atoms with Gasteiger partial charge in [0.15, 0.2) is 11.6 Å². The second-order valence-electron chi connectivity index (χ2n) is 8.83. The molecule has 3 nitrogen and oxygen atoms in total. The zero-order valence-electron chi connectivity index (χ0n) is 18.7. The Kier molecular flexibility index (Phi) is 10.1. The predicted molar refractivity (Wildman–Crippen MR) is 113 cm³/mol. The minimum atomic E-state index is -0.431. The van der Waals surface area contributed by atoms with Gasteiger partial charge in [-0.25, -0.2) is 0 Å². The molecule has 0 bridgehead atoms. The number of ether oxygens (including phenoxy) is 3. The third-order valence-corrected chi connectivity index (χ3v) is 6.92. The van der Waals surface area contributed by atoms with Crippen LogP contribution in [0.4, 0.5) is 0 Å². The Morgan fingerprint density at radius 1 is 0.704 bits per heavy atom. The monoisotopic (exact) mass is 382 g/mol. The summed E-state index contributed by atoms with van der Waals surface area (Å²) in [5, 5.41) is 0. The fourth-order valence-electron chi connectivity index (χ4n) is 5.22. The first kappa shape index (κ1) is 23.2. The summed E-state index contributed by atoms with van der Waals surface area (Å²) in [6.45, 7) is 10.9. The molecule has 0 N–H and O–H groups in total. The van der Waals surface area contributed by atoms with E-state index in [0.29, 0.717) is 11.8 Å². The third-order valence-electron chi connectivity index (χ3n) is 6.92. The van der Waals surface area contributed by atoms with Gasteiger partial charge < -0.3 is 14.2 Å². The molecule has 4 unspecified atom stereocenters. The van der Waals surface area contributed by atoms with Crippen LogP contribution in [-0.2, 0) is 14.2 Å². The maximum atomic E-state index is 7.16. The number of hydrogen-bond donors (Lipinski definition) is 0. The summed E-state index contributed by atoms with van der Waals surface area (Å²) < 4.78 is 20.2. The molecular formula is C24H46O3. The summed E-state index contributed by atoms with van der Waals surface area (Å²) in [6, 6.07) is 0. The molecule has 0 spiro atoms. The minimum absolute atomic E-state index is 0.431. The van der Waals surface area contributed by atoms with Gasteiger partial charge in [-0.1, -0.05) is 53.4 Å². The van der Waals surface area contributed by atoms with Crippen molar-refractivity contribution in [3.63, 3.8) is 0 Å². The van der Waals surface area contributed by atoms with Gasteiger partial charge in [-0.05, 0) is 51.4 Å². The normalized spacial score (nSPS) is 31.6. The van der Waals surface area contributed by atoms with Crippen LogP contribution >= 0.6 is 0 Å². The first-order chi connectivity index (χ1) is 13.2. The van der Waals surface area contributed by atoms with E-state index in [1.54, 1.807) is 0 Å². The Morgan fingerprint density at radius 2 is 1.15 bits per heavy atom. The van der Waals surface area contributed by atoms with Crippen LogP contribution in [0.1, 0.15) is 118 Å². The maximum absolute atomic E-state index is 7.16. The molecule has 160 valence electrons. The highest BCUT2D eigenvalue weighted by atomic mass is 16.8. The zero-order chi connectivity index (χ0) is 19.6. The Hall–Kier alpha value is -0.120. The molecule has 0 amide bonds. The second kappa shape index (κ2) is 11.8. The van der Waals surface area contributed by atoms with Crippen LogP contribution < -0.4 is 0 Å². The van der Waals surface area contributed by atoms with E-state index in [9.17, 15) is 0 Å². The maximum Gasteiger partial charge on any atom is 0.174 e. The van der Waals surface area contributed by atoms with E-state index in [1.807, 2.05) is 0 Å². The van der Waals surface area contributed by atoms with Crippen molar-refractivity contribution in [1.29, 1.82) is 0 Å². The van der Waals surface area contributed by atoms with Crippen LogP contribution in [0.5, 0.6) is 0 Å². The van der Waals surface area contributed by atoms with Gasteiger partial charge in [0.2, 0.25) is 0 Å². The lowest BCUT2D eigenvalue weighted by Gasteiger charge is -2.52. The first-order valence-corrected chi connectivity index (χ1v) is 12.1. The lowest BCUT2D eigenvalue weighted by Crippen LogP contribution is -2.57. The molecule has 27 heavy (non-hydrogen) atoms. The second-order valence-corrected chi connectivity index (χ2v) is 8.83. The van der Waals surface area contributed by atoms with Gasteiger partial charge in [0.1, 0.15) is 0 Å². The topological polar surface area (TPSA) is 27.7 Å². The van der Waals surface area contributed by atoms with Crippen molar-refractivity contribution in [2.24, 2.45) is 11.8 Å². The van der Waals surface area contributed by atoms with Crippen LogP contribution in [0.25, 0.3) is 0 Å². The van der Waals surface area contributed by atoms with Gasteiger partial charge in [0.05, 0.1) is 13.2 Å². The average Bonchev–Trinajstić information content (AvgIpc) is 2.70. The summed E-state index contributed by atoms with van der Waals surface area (Å²) in [6.07, 6.45) is 16.5. The van der Waals surface area contributed by atoms with Gasteiger partial charge in [0.25, 0.3) is 0 Å². The molecule has 0 aromatic heterocycles. The number of rotatable bonds is 12. The molecule has 2 aliphatic rings. The third kappa shape index (κ3) is 5.93. The molecule has 2 fully saturated rings. The van der Waals surface area contributed by atoms with Crippen molar-refractivity contribution in [3.05, 3.63) is 0 Å². The van der Waals surface area contributed by atoms with Crippen molar-refractivity contribution in [3.8, 4) is 0 Å². The molecule has 0 aromatic rings. The fourth-order valence-corrected chi connectivity index (χ4v) is 5.22. The summed E-state index contributed by atoms with van der Waals surface area (Å²) in [7, 11) is 0. The quantitative estimate of drug-likeness (QED) is 0.356. The van der Waals surface area contributed by atoms with E-state index in [0.717, 1.165) is 51.7 Å². The fraction of sp³-hybridized carbons (Fsp3) is 1.00. The van der Waals surface area contributed by atoms with Crippen molar-refractivity contribution >= 4 is 0 Å². The summed E-state index contributed by atoms with van der Waals surface area (Å²) in [5.74, 6) is 0.0887. The van der Waals surface area contributed by atoms with E-state index >= 15 is 0 Å². The van der Waals surface area contributed by atoms with Crippen molar-refractivity contribution in [2.75, 3.05) is 13.2 Å². The molecule has 2 saturated heterocycles. The van der Waals surface area contributed by atoms with E-state index < -0.39 is 11.6 Å². The molecule has 2 rings (SSSR count). The number of unbranched alkanes of at least 4 members (excludes halogenated alkanes) is 2. The van der Waals surface area contributed by atoms with Gasteiger partial charge in [-0.15, -0.1) is 0 Å². The van der Waals surface area contributed by atoms with Crippen LogP contribution in [0.3, 0.4) is 0 Å². The molecular weight excluding hydrogens is 336 g/mol. The van der Waals surface area contributed by atoms with Crippen molar-refractivity contribution in [2.45, 2.75) is 129 Å². The Labute approximate surface area is 168 Å². The Morgan fingerprint density at radius 3 is 1.44 bits per heavy atom. The highest BCUT2D eigenvalue weighted by Gasteiger charge is 2.51. The van der Waals surface area contributed by atoms with E-state index in [-0.39, 0.29) is 0 Å². The lowest BCUT2D eigenvalue weighted by atomic mass is 9.82. The molecule has 2 aliphatic heterocycles. The largest absolute Gasteiger partial charge is 0.349 e. The number of hydrogen-bond acceptors (Lipinski definition) is 3. The summed E-state index contributed by atoms with van der Waals surface area (Å²) in [5.41, 5.74) is 0. The summed E-state index contributed by atoms with van der Waals surface area (Å²) in [4.78, 5) is 0. The van der Waals surface area contributed by atoms with Crippen molar-refractivity contribution < 1.29 is 14.2 Å². The Balaban J connectivity index is 2.28. The molecule has 4 atom stereocenters. The lowest BCUT2D eigenvalue weighted by molar-refractivity contribution is -0.407. The van der Waals surface area contributed by atoms with Crippen molar-refractivity contribution in [1.82, 2.24) is 0 Å². The van der Waals surface area contributed by atoms with E-state index in [1.165, 1.54) is 51.4 Å². The van der Waals surface area contributed by atoms with E-state index in [4.69, 9.17) is 14.2 Å². The molecule has 3 heteroatoms. The minimum Gasteiger partial charge on any atom is -0.349 e. The standard InChI is InChI=1S/C24H46O3/c1-5-9-15-21(7-3)23(17-11-13-19-25-23)27-24(18-12-14-20-26-24)22(8-4)16-10-6-2/h21-22H,5-20H2,1-4H3. The smallest absolute Gasteiger partial charge is 0.174 e. The Bertz CT molecular complexity index is 347. The van der Waals surface area contributed by atoms with Gasteiger partial charge in [-0.3, -0.25) is 0 Å².